The van der Waals surface area contributed by atoms with Gasteiger partial charge in [-0.25, -0.2) is 0 Å². The van der Waals surface area contributed by atoms with Gasteiger partial charge in [0.05, 0.1) is 5.69 Å². The van der Waals surface area contributed by atoms with Crippen LogP contribution in [0.1, 0.15) is 32.6 Å². The van der Waals surface area contributed by atoms with Crippen molar-refractivity contribution in [3.05, 3.63) is 24.3 Å². The van der Waals surface area contributed by atoms with Crippen LogP contribution in [0.2, 0.25) is 0 Å². The predicted octanol–water partition coefficient (Wildman–Crippen LogP) is 3.29. The number of hydrogen-bond acceptors (Lipinski definition) is 3. The lowest BCUT2D eigenvalue weighted by Crippen LogP contribution is -2.53. The van der Waals surface area contributed by atoms with Gasteiger partial charge in [-0.2, -0.15) is 0 Å². The average molecular weight is 458 g/mol. The normalized spacial score (nSPS) is 20.3. The molecule has 1 aromatic carbocycles. The third kappa shape index (κ3) is 4.92. The average Bonchev–Trinajstić information content (AvgIpc) is 3.03. The summed E-state index contributed by atoms with van der Waals surface area (Å²) < 4.78 is 0. The van der Waals surface area contributed by atoms with Crippen LogP contribution in [-0.4, -0.2) is 55.7 Å². The zero-order valence-corrected chi connectivity index (χ0v) is 17.7. The Kier molecular flexibility index (Phi) is 7.22. The Morgan fingerprint density at radius 2 is 1.80 bits per heavy atom. The highest BCUT2D eigenvalue weighted by Gasteiger charge is 2.29. The number of rotatable bonds is 3. The lowest BCUT2D eigenvalue weighted by molar-refractivity contribution is 0.316. The number of nitrogens with one attached hydrogen (secondary N) is 1. The molecule has 6 heteroatoms. The van der Waals surface area contributed by atoms with Crippen molar-refractivity contribution in [3.63, 3.8) is 0 Å². The highest BCUT2D eigenvalue weighted by atomic mass is 127. The van der Waals surface area contributed by atoms with Crippen molar-refractivity contribution in [2.45, 2.75) is 32.6 Å². The number of para-hydroxylation sites is 2. The Bertz CT molecular complexity index is 579. The van der Waals surface area contributed by atoms with Crippen molar-refractivity contribution in [1.29, 1.82) is 0 Å². The quantitative estimate of drug-likeness (QED) is 0.415. The molecule has 1 saturated carbocycles. The molecular formula is C19H31IN4O. The largest absolute Gasteiger partial charge is 0.506 e. The smallest absolute Gasteiger partial charge is 0.193 e. The first-order valence-electron chi connectivity index (χ1n) is 9.10. The first-order valence-corrected chi connectivity index (χ1v) is 9.10. The number of piperazine rings is 1. The van der Waals surface area contributed by atoms with Crippen molar-refractivity contribution >= 4 is 35.6 Å². The van der Waals surface area contributed by atoms with Crippen LogP contribution < -0.4 is 10.2 Å². The number of aromatic hydroxyl groups is 1. The molecule has 25 heavy (non-hydrogen) atoms. The van der Waals surface area contributed by atoms with Gasteiger partial charge in [0.1, 0.15) is 5.75 Å². The summed E-state index contributed by atoms with van der Waals surface area (Å²) >= 11 is 0. The van der Waals surface area contributed by atoms with Gasteiger partial charge in [-0.3, -0.25) is 4.99 Å². The lowest BCUT2D eigenvalue weighted by Gasteiger charge is -2.38. The molecule has 0 bridgehead atoms. The predicted molar refractivity (Wildman–Crippen MR) is 115 cm³/mol. The minimum Gasteiger partial charge on any atom is -0.506 e. The molecule has 0 spiro atoms. The fourth-order valence-corrected chi connectivity index (χ4v) is 3.92. The summed E-state index contributed by atoms with van der Waals surface area (Å²) in [4.78, 5) is 9.06. The molecule has 1 saturated heterocycles. The minimum atomic E-state index is 0. The molecule has 0 unspecified atom stereocenters. The van der Waals surface area contributed by atoms with E-state index < -0.39 is 0 Å². The molecule has 1 aromatic rings. The molecule has 2 aliphatic rings. The van der Waals surface area contributed by atoms with Crippen molar-refractivity contribution in [1.82, 2.24) is 10.2 Å². The molecule has 0 atom stereocenters. The number of nitrogens with zero attached hydrogens (tertiary/aromatic N) is 3. The van der Waals surface area contributed by atoms with E-state index in [9.17, 15) is 5.11 Å². The Balaban J connectivity index is 0.00000225. The number of anilines is 1. The van der Waals surface area contributed by atoms with Crippen LogP contribution in [0.3, 0.4) is 0 Å². The maximum atomic E-state index is 10.0. The number of aliphatic imine (C=N–C) groups is 1. The van der Waals surface area contributed by atoms with E-state index >= 15 is 0 Å². The van der Waals surface area contributed by atoms with Gasteiger partial charge in [0.25, 0.3) is 0 Å². The molecule has 0 amide bonds. The van der Waals surface area contributed by atoms with Gasteiger partial charge < -0.3 is 20.2 Å². The van der Waals surface area contributed by atoms with E-state index in [1.54, 1.807) is 6.07 Å². The SMILES string of the molecule is CN=C(NCC1(C)CCCC1)N1CCN(c2ccccc2O)CC1.I. The molecule has 5 nitrogen and oxygen atoms in total. The Morgan fingerprint density at radius 1 is 1.16 bits per heavy atom. The highest BCUT2D eigenvalue weighted by molar-refractivity contribution is 14.0. The van der Waals surface area contributed by atoms with E-state index in [2.05, 4.69) is 27.0 Å². The first-order chi connectivity index (χ1) is 11.6. The van der Waals surface area contributed by atoms with E-state index in [4.69, 9.17) is 0 Å². The van der Waals surface area contributed by atoms with Crippen molar-refractivity contribution < 1.29 is 5.11 Å². The fourth-order valence-electron chi connectivity index (χ4n) is 3.92. The van der Waals surface area contributed by atoms with Gasteiger partial charge in [0.15, 0.2) is 5.96 Å². The van der Waals surface area contributed by atoms with Crippen LogP contribution in [-0.2, 0) is 0 Å². The Morgan fingerprint density at radius 3 is 2.40 bits per heavy atom. The summed E-state index contributed by atoms with van der Waals surface area (Å²) in [6.07, 6.45) is 5.35. The van der Waals surface area contributed by atoms with Crippen molar-refractivity contribution in [2.24, 2.45) is 10.4 Å². The Labute approximate surface area is 168 Å². The van der Waals surface area contributed by atoms with E-state index in [0.29, 0.717) is 11.2 Å². The number of phenols is 1. The van der Waals surface area contributed by atoms with Crippen LogP contribution in [0.15, 0.2) is 29.3 Å². The number of guanidine groups is 1. The van der Waals surface area contributed by atoms with Gasteiger partial charge in [0, 0.05) is 39.8 Å². The van der Waals surface area contributed by atoms with E-state index in [1.165, 1.54) is 25.7 Å². The second-order valence-corrected chi connectivity index (χ2v) is 7.38. The summed E-state index contributed by atoms with van der Waals surface area (Å²) in [7, 11) is 1.87. The molecular weight excluding hydrogens is 427 g/mol. The molecule has 1 aliphatic carbocycles. The third-order valence-electron chi connectivity index (χ3n) is 5.50. The van der Waals surface area contributed by atoms with Crippen LogP contribution in [0.4, 0.5) is 5.69 Å². The van der Waals surface area contributed by atoms with Crippen molar-refractivity contribution in [2.75, 3.05) is 44.7 Å². The zero-order chi connectivity index (χ0) is 17.0. The van der Waals surface area contributed by atoms with Gasteiger partial charge in [-0.05, 0) is 30.4 Å². The molecule has 140 valence electrons. The lowest BCUT2D eigenvalue weighted by atomic mass is 9.89. The number of phenolic OH excluding ortho intramolecular Hbond substituents is 1. The molecule has 1 aliphatic heterocycles. The summed E-state index contributed by atoms with van der Waals surface area (Å²) in [5, 5.41) is 13.6. The topological polar surface area (TPSA) is 51.1 Å². The molecule has 2 N–H and O–H groups in total. The molecule has 3 rings (SSSR count). The first kappa shape index (κ1) is 20.1. The number of hydrogen-bond donors (Lipinski definition) is 2. The maximum Gasteiger partial charge on any atom is 0.193 e. The van der Waals surface area contributed by atoms with E-state index in [-0.39, 0.29) is 24.0 Å². The zero-order valence-electron chi connectivity index (χ0n) is 15.4. The molecule has 0 radical (unpaired) electrons. The third-order valence-corrected chi connectivity index (χ3v) is 5.50. The Hall–Kier alpha value is -1.18. The van der Waals surface area contributed by atoms with Crippen LogP contribution >= 0.6 is 24.0 Å². The monoisotopic (exact) mass is 458 g/mol. The summed E-state index contributed by atoms with van der Waals surface area (Å²) in [6, 6.07) is 7.58. The second kappa shape index (κ2) is 8.96. The minimum absolute atomic E-state index is 0. The summed E-state index contributed by atoms with van der Waals surface area (Å²) in [5.74, 6) is 1.38. The highest BCUT2D eigenvalue weighted by Crippen LogP contribution is 2.36. The van der Waals surface area contributed by atoms with Gasteiger partial charge in [-0.1, -0.05) is 31.9 Å². The maximum absolute atomic E-state index is 10.0. The fraction of sp³-hybridized carbons (Fsp3) is 0.632. The van der Waals surface area contributed by atoms with Crippen LogP contribution in [0, 0.1) is 5.41 Å². The van der Waals surface area contributed by atoms with Crippen LogP contribution in [0.25, 0.3) is 0 Å². The number of benzene rings is 1. The summed E-state index contributed by atoms with van der Waals surface area (Å²) in [5.41, 5.74) is 1.35. The van der Waals surface area contributed by atoms with Gasteiger partial charge in [-0.15, -0.1) is 24.0 Å². The summed E-state index contributed by atoms with van der Waals surface area (Å²) in [6.45, 7) is 7.04. The van der Waals surface area contributed by atoms with Crippen LogP contribution in [0.5, 0.6) is 5.75 Å². The molecule has 1 heterocycles. The van der Waals surface area contributed by atoms with E-state index in [1.807, 2.05) is 25.2 Å². The molecule has 2 fully saturated rings. The standard InChI is InChI=1S/C19H30N4O.HI/c1-19(9-5-6-10-19)15-21-18(20-2)23-13-11-22(12-14-23)16-7-3-4-8-17(16)24;/h3-4,7-8,24H,5-6,9-15H2,1-2H3,(H,20,21);1H. The van der Waals surface area contributed by atoms with Gasteiger partial charge in [0.2, 0.25) is 0 Å². The number of halogens is 1. The van der Waals surface area contributed by atoms with Gasteiger partial charge >= 0.3 is 0 Å². The molecule has 0 aromatic heterocycles. The van der Waals surface area contributed by atoms with Crippen molar-refractivity contribution in [3.8, 4) is 5.75 Å². The van der Waals surface area contributed by atoms with E-state index in [0.717, 1.165) is 44.4 Å². The second-order valence-electron chi connectivity index (χ2n) is 7.38.